The zero-order chi connectivity index (χ0) is 14.1. The molecule has 0 saturated carbocycles. The molecule has 0 aromatic carbocycles. The Bertz CT molecular complexity index is 377. The molecule has 0 atom stereocenters. The molecule has 0 bridgehead atoms. The number of allylic oxidation sites excluding steroid dienone is 3. The predicted octanol–water partition coefficient (Wildman–Crippen LogP) is 3.07. The number of unbranched alkanes of at least 4 members (excludes halogenated alkanes) is 1. The molecule has 0 heterocycles. The highest BCUT2D eigenvalue weighted by Gasteiger charge is 2.18. The van der Waals surface area contributed by atoms with Crippen LogP contribution in [-0.2, 0) is 10.1 Å². The van der Waals surface area contributed by atoms with Gasteiger partial charge in [-0.1, -0.05) is 0 Å². The molecule has 0 fully saturated rings. The molecule has 5 heteroatoms. The van der Waals surface area contributed by atoms with Gasteiger partial charge in [0.2, 0.25) is 0 Å². The minimum absolute atomic E-state index is 0.172. The maximum absolute atomic E-state index is 10.6. The van der Waals surface area contributed by atoms with E-state index in [-0.39, 0.29) is 5.75 Å². The maximum Gasteiger partial charge on any atom is 0.264 e. The molecule has 0 unspecified atom stereocenters. The fourth-order valence-corrected chi connectivity index (χ4v) is 2.44. The minimum Gasteiger partial charge on any atom is -0.286 e. The molecule has 0 saturated heterocycles. The lowest BCUT2D eigenvalue weighted by Crippen LogP contribution is -2.32. The SMILES string of the molecule is C/C=C/[N+](/C=C/C)(/C=C/C)CCCCS(=O)(=O)O. The van der Waals surface area contributed by atoms with Crippen LogP contribution in [-0.4, -0.2) is 29.8 Å². The second kappa shape index (κ2) is 8.24. The summed E-state index contributed by atoms with van der Waals surface area (Å²) in [6.07, 6.45) is 13.3. The molecule has 18 heavy (non-hydrogen) atoms. The Hall–Kier alpha value is -0.910. The fourth-order valence-electron chi connectivity index (χ4n) is 1.88. The lowest BCUT2D eigenvalue weighted by molar-refractivity contribution is -0.773. The van der Waals surface area contributed by atoms with Gasteiger partial charge in [-0.25, -0.2) is 4.48 Å². The lowest BCUT2D eigenvalue weighted by atomic mass is 10.3. The molecule has 0 aliphatic rings. The Morgan fingerprint density at radius 1 is 0.944 bits per heavy atom. The van der Waals surface area contributed by atoms with Crippen molar-refractivity contribution < 1.29 is 17.5 Å². The van der Waals surface area contributed by atoms with E-state index in [2.05, 4.69) is 0 Å². The van der Waals surface area contributed by atoms with Crippen molar-refractivity contribution in [3.8, 4) is 0 Å². The Morgan fingerprint density at radius 2 is 1.39 bits per heavy atom. The van der Waals surface area contributed by atoms with Crippen molar-refractivity contribution in [1.82, 2.24) is 0 Å². The number of quaternary nitrogens is 1. The van der Waals surface area contributed by atoms with Crippen LogP contribution < -0.4 is 0 Å². The van der Waals surface area contributed by atoms with E-state index < -0.39 is 10.1 Å². The van der Waals surface area contributed by atoms with Crippen molar-refractivity contribution in [3.05, 3.63) is 36.8 Å². The molecular weight excluding hydrogens is 250 g/mol. The first-order valence-corrected chi connectivity index (χ1v) is 7.74. The molecule has 0 amide bonds. The molecule has 0 aromatic heterocycles. The van der Waals surface area contributed by atoms with E-state index in [4.69, 9.17) is 4.55 Å². The van der Waals surface area contributed by atoms with Crippen LogP contribution in [0, 0.1) is 0 Å². The third-order valence-corrected chi connectivity index (χ3v) is 3.28. The Kier molecular flexibility index (Phi) is 7.82. The topological polar surface area (TPSA) is 54.4 Å². The fraction of sp³-hybridized carbons (Fsp3) is 0.538. The van der Waals surface area contributed by atoms with Crippen LogP contribution in [0.3, 0.4) is 0 Å². The molecule has 0 aromatic rings. The Labute approximate surface area is 111 Å². The highest BCUT2D eigenvalue weighted by atomic mass is 32.2. The lowest BCUT2D eigenvalue weighted by Gasteiger charge is -2.26. The monoisotopic (exact) mass is 274 g/mol. The zero-order valence-corrected chi connectivity index (χ0v) is 12.2. The van der Waals surface area contributed by atoms with Crippen LogP contribution >= 0.6 is 0 Å². The molecule has 0 radical (unpaired) electrons. The van der Waals surface area contributed by atoms with Gasteiger partial charge in [0.25, 0.3) is 10.1 Å². The van der Waals surface area contributed by atoms with Crippen molar-refractivity contribution >= 4 is 10.1 Å². The second-order valence-electron chi connectivity index (χ2n) is 4.16. The van der Waals surface area contributed by atoms with Crippen LogP contribution in [0.1, 0.15) is 33.6 Å². The molecule has 0 rings (SSSR count). The summed E-state index contributed by atoms with van der Waals surface area (Å²) >= 11 is 0. The van der Waals surface area contributed by atoms with Gasteiger partial charge in [-0.05, 0) is 51.8 Å². The van der Waals surface area contributed by atoms with Gasteiger partial charge in [0.1, 0.15) is 18.6 Å². The van der Waals surface area contributed by atoms with Gasteiger partial charge in [-0.3, -0.25) is 4.55 Å². The van der Waals surface area contributed by atoms with Gasteiger partial charge in [0.05, 0.1) is 12.3 Å². The van der Waals surface area contributed by atoms with E-state index in [0.717, 1.165) is 13.0 Å². The van der Waals surface area contributed by atoms with Crippen LogP contribution in [0.2, 0.25) is 0 Å². The summed E-state index contributed by atoms with van der Waals surface area (Å²) in [5.74, 6) is -0.172. The van der Waals surface area contributed by atoms with Crippen LogP contribution in [0.4, 0.5) is 0 Å². The van der Waals surface area contributed by atoms with Gasteiger partial charge in [0, 0.05) is 0 Å². The van der Waals surface area contributed by atoms with Crippen LogP contribution in [0.15, 0.2) is 36.8 Å². The summed E-state index contributed by atoms with van der Waals surface area (Å²) < 4.78 is 30.5. The van der Waals surface area contributed by atoms with Gasteiger partial charge in [-0.15, -0.1) is 0 Å². The molecule has 0 aliphatic heterocycles. The van der Waals surface area contributed by atoms with Gasteiger partial charge >= 0.3 is 0 Å². The van der Waals surface area contributed by atoms with Crippen molar-refractivity contribution in [1.29, 1.82) is 0 Å². The van der Waals surface area contributed by atoms with Gasteiger partial charge in [0.15, 0.2) is 0 Å². The second-order valence-corrected chi connectivity index (χ2v) is 5.73. The Morgan fingerprint density at radius 3 is 1.72 bits per heavy atom. The van der Waals surface area contributed by atoms with Crippen molar-refractivity contribution in [2.45, 2.75) is 33.6 Å². The summed E-state index contributed by atoms with van der Waals surface area (Å²) in [5, 5.41) is 0. The average Bonchev–Trinajstić information content (AvgIpc) is 2.24. The average molecular weight is 274 g/mol. The highest BCUT2D eigenvalue weighted by molar-refractivity contribution is 7.85. The van der Waals surface area contributed by atoms with Crippen LogP contribution in [0.5, 0.6) is 0 Å². The molecular formula is C13H24NO3S+. The maximum atomic E-state index is 10.6. The molecule has 0 spiro atoms. The summed E-state index contributed by atoms with van der Waals surface area (Å²) in [4.78, 5) is 0. The van der Waals surface area contributed by atoms with Crippen molar-refractivity contribution in [2.75, 3.05) is 12.3 Å². The summed E-state index contributed by atoms with van der Waals surface area (Å²) in [5.41, 5.74) is 0. The normalized spacial score (nSPS) is 14.2. The van der Waals surface area contributed by atoms with E-state index in [9.17, 15) is 8.42 Å². The summed E-state index contributed by atoms with van der Waals surface area (Å²) in [6, 6.07) is 0. The smallest absolute Gasteiger partial charge is 0.264 e. The number of hydrogen-bond donors (Lipinski definition) is 1. The van der Waals surface area contributed by atoms with E-state index in [1.54, 1.807) is 0 Å². The molecule has 0 aliphatic carbocycles. The number of rotatable bonds is 8. The van der Waals surface area contributed by atoms with Gasteiger partial charge < -0.3 is 0 Å². The predicted molar refractivity (Wildman–Crippen MR) is 75.2 cm³/mol. The standard InChI is InChI=1S/C13H23NO3S/c1-4-9-14(10-5-2,11-6-3)12-7-8-13-18(15,16)17/h4-6,9-11H,7-8,12-13H2,1-3H3/p+1/b9-4+,10-5+,11-6+. The number of hydrogen-bond acceptors (Lipinski definition) is 2. The van der Waals surface area contributed by atoms with Crippen molar-refractivity contribution in [2.24, 2.45) is 0 Å². The minimum atomic E-state index is -3.84. The molecule has 4 nitrogen and oxygen atoms in total. The third kappa shape index (κ3) is 7.42. The highest BCUT2D eigenvalue weighted by Crippen LogP contribution is 2.14. The van der Waals surface area contributed by atoms with E-state index in [1.165, 1.54) is 0 Å². The quantitative estimate of drug-likeness (QED) is 0.420. The number of nitrogens with zero attached hydrogens (tertiary/aromatic N) is 1. The van der Waals surface area contributed by atoms with E-state index >= 15 is 0 Å². The summed E-state index contributed by atoms with van der Waals surface area (Å²) in [6.45, 7) is 6.64. The first-order chi connectivity index (χ1) is 8.39. The first kappa shape index (κ1) is 17.1. The van der Waals surface area contributed by atoms with Crippen molar-refractivity contribution in [3.63, 3.8) is 0 Å². The Balaban J connectivity index is 4.60. The molecule has 104 valence electrons. The van der Waals surface area contributed by atoms with Gasteiger partial charge in [-0.2, -0.15) is 8.42 Å². The zero-order valence-electron chi connectivity index (χ0n) is 11.4. The first-order valence-electron chi connectivity index (χ1n) is 6.13. The molecule has 1 N–H and O–H groups in total. The van der Waals surface area contributed by atoms with Crippen LogP contribution in [0.25, 0.3) is 0 Å². The third-order valence-electron chi connectivity index (χ3n) is 2.48. The summed E-state index contributed by atoms with van der Waals surface area (Å²) in [7, 11) is -3.84. The van der Waals surface area contributed by atoms with E-state index in [0.29, 0.717) is 10.9 Å². The van der Waals surface area contributed by atoms with E-state index in [1.807, 2.05) is 57.6 Å². The largest absolute Gasteiger partial charge is 0.286 e.